The summed E-state index contributed by atoms with van der Waals surface area (Å²) >= 11 is 0. The Morgan fingerprint density at radius 1 is 1.36 bits per heavy atom. The van der Waals surface area contributed by atoms with Gasteiger partial charge in [0.15, 0.2) is 5.65 Å². The fourth-order valence-electron chi connectivity index (χ4n) is 2.21. The summed E-state index contributed by atoms with van der Waals surface area (Å²) in [5, 5.41) is 2.64. The topological polar surface area (TPSA) is 79.9 Å². The van der Waals surface area contributed by atoms with Crippen LogP contribution in [-0.2, 0) is 6.18 Å². The summed E-state index contributed by atoms with van der Waals surface area (Å²) in [6.07, 6.45) is -1.74. The molecule has 9 heteroatoms. The van der Waals surface area contributed by atoms with Crippen LogP contribution in [0.25, 0.3) is 11.2 Å². The standard InChI is InChI=1S/C16H13F3N4O2/c1-2-20-15(24)11-7-21-14-13(11)23-12(8-22-14)25-10-5-3-4-9(6-10)16(17,18)19/h3-8H,2H2,1H3,(H,20,24)(H,21,22). The predicted molar refractivity (Wildman–Crippen MR) is 83.4 cm³/mol. The molecule has 0 aliphatic carbocycles. The molecule has 3 aromatic rings. The number of halogens is 3. The molecular formula is C16H13F3N4O2. The molecule has 2 N–H and O–H groups in total. The summed E-state index contributed by atoms with van der Waals surface area (Å²) in [7, 11) is 0. The Labute approximate surface area is 140 Å². The summed E-state index contributed by atoms with van der Waals surface area (Å²) in [4.78, 5) is 23.0. The van der Waals surface area contributed by atoms with Crippen molar-refractivity contribution >= 4 is 17.1 Å². The van der Waals surface area contributed by atoms with Crippen LogP contribution in [0.1, 0.15) is 22.8 Å². The van der Waals surface area contributed by atoms with E-state index in [2.05, 4.69) is 20.3 Å². The molecule has 0 aliphatic heterocycles. The minimum Gasteiger partial charge on any atom is -0.437 e. The maximum Gasteiger partial charge on any atom is 0.416 e. The van der Waals surface area contributed by atoms with Crippen molar-refractivity contribution in [3.8, 4) is 11.6 Å². The number of ether oxygens (including phenoxy) is 1. The highest BCUT2D eigenvalue weighted by atomic mass is 19.4. The monoisotopic (exact) mass is 350 g/mol. The van der Waals surface area contributed by atoms with E-state index < -0.39 is 11.7 Å². The summed E-state index contributed by atoms with van der Waals surface area (Å²) in [5.74, 6) is -0.380. The second kappa shape index (κ2) is 6.42. The number of fused-ring (bicyclic) bond motifs is 1. The van der Waals surface area contributed by atoms with Gasteiger partial charge in [-0.2, -0.15) is 13.2 Å². The van der Waals surface area contributed by atoms with Gasteiger partial charge in [0.05, 0.1) is 17.3 Å². The van der Waals surface area contributed by atoms with Crippen LogP contribution in [0.2, 0.25) is 0 Å². The van der Waals surface area contributed by atoms with Gasteiger partial charge in [-0.3, -0.25) is 4.79 Å². The first-order valence-corrected chi connectivity index (χ1v) is 7.36. The molecule has 0 bridgehead atoms. The van der Waals surface area contributed by atoms with Gasteiger partial charge in [-0.25, -0.2) is 9.97 Å². The van der Waals surface area contributed by atoms with Crippen LogP contribution in [0.15, 0.2) is 36.7 Å². The maximum absolute atomic E-state index is 12.8. The number of rotatable bonds is 4. The van der Waals surface area contributed by atoms with Crippen molar-refractivity contribution in [3.05, 3.63) is 47.8 Å². The molecule has 25 heavy (non-hydrogen) atoms. The molecule has 3 rings (SSSR count). The number of hydrogen-bond donors (Lipinski definition) is 2. The van der Waals surface area contributed by atoms with Gasteiger partial charge >= 0.3 is 6.18 Å². The summed E-state index contributed by atoms with van der Waals surface area (Å²) in [6.45, 7) is 2.22. The van der Waals surface area contributed by atoms with Crippen LogP contribution < -0.4 is 10.1 Å². The van der Waals surface area contributed by atoms with Crippen molar-refractivity contribution in [2.75, 3.05) is 6.54 Å². The number of carbonyl (C=O) groups excluding carboxylic acids is 1. The minimum atomic E-state index is -4.47. The van der Waals surface area contributed by atoms with Gasteiger partial charge in [-0.15, -0.1) is 0 Å². The first kappa shape index (κ1) is 16.7. The van der Waals surface area contributed by atoms with Crippen molar-refractivity contribution in [3.63, 3.8) is 0 Å². The lowest BCUT2D eigenvalue weighted by Gasteiger charge is -2.09. The van der Waals surface area contributed by atoms with E-state index >= 15 is 0 Å². The van der Waals surface area contributed by atoms with Gasteiger partial charge in [0.2, 0.25) is 5.88 Å². The number of nitrogens with zero attached hydrogens (tertiary/aromatic N) is 2. The Hall–Kier alpha value is -3.10. The van der Waals surface area contributed by atoms with Crippen molar-refractivity contribution in [1.29, 1.82) is 0 Å². The van der Waals surface area contributed by atoms with Crippen molar-refractivity contribution in [2.24, 2.45) is 0 Å². The van der Waals surface area contributed by atoms with Gasteiger partial charge in [-0.05, 0) is 25.1 Å². The number of aromatic nitrogens is 3. The molecule has 6 nitrogen and oxygen atoms in total. The normalized spacial score (nSPS) is 11.5. The molecule has 0 unspecified atom stereocenters. The number of alkyl halides is 3. The van der Waals surface area contributed by atoms with Gasteiger partial charge in [0.1, 0.15) is 11.3 Å². The molecule has 0 atom stereocenters. The average molecular weight is 350 g/mol. The van der Waals surface area contributed by atoms with Gasteiger partial charge in [0.25, 0.3) is 5.91 Å². The number of nitrogens with one attached hydrogen (secondary N) is 2. The lowest BCUT2D eigenvalue weighted by Crippen LogP contribution is -2.22. The SMILES string of the molecule is CCNC(=O)c1c[nH]c2ncc(Oc3cccc(C(F)(F)F)c3)nc12. The number of hydrogen-bond acceptors (Lipinski definition) is 4. The van der Waals surface area contributed by atoms with E-state index in [1.807, 2.05) is 0 Å². The molecule has 2 aromatic heterocycles. The second-order valence-corrected chi connectivity index (χ2v) is 5.09. The largest absolute Gasteiger partial charge is 0.437 e. The maximum atomic E-state index is 12.8. The zero-order valence-electron chi connectivity index (χ0n) is 13.0. The third-order valence-corrected chi connectivity index (χ3v) is 3.32. The van der Waals surface area contributed by atoms with Crippen LogP contribution in [0.5, 0.6) is 11.6 Å². The van der Waals surface area contributed by atoms with Gasteiger partial charge in [-0.1, -0.05) is 6.07 Å². The smallest absolute Gasteiger partial charge is 0.416 e. The van der Waals surface area contributed by atoms with Crippen molar-refractivity contribution < 1.29 is 22.7 Å². The Morgan fingerprint density at radius 2 is 2.16 bits per heavy atom. The lowest BCUT2D eigenvalue weighted by atomic mass is 10.2. The molecule has 0 radical (unpaired) electrons. The molecule has 2 heterocycles. The summed E-state index contributed by atoms with van der Waals surface area (Å²) in [6, 6.07) is 4.43. The summed E-state index contributed by atoms with van der Waals surface area (Å²) in [5.41, 5.74) is 0.0932. The molecule has 0 spiro atoms. The summed E-state index contributed by atoms with van der Waals surface area (Å²) < 4.78 is 43.6. The number of aromatic amines is 1. The van der Waals surface area contributed by atoms with E-state index in [1.165, 1.54) is 24.5 Å². The molecular weight excluding hydrogens is 337 g/mol. The van der Waals surface area contributed by atoms with E-state index in [9.17, 15) is 18.0 Å². The first-order chi connectivity index (χ1) is 11.9. The molecule has 0 saturated heterocycles. The average Bonchev–Trinajstić information content (AvgIpc) is 2.98. The zero-order chi connectivity index (χ0) is 18.0. The predicted octanol–water partition coefficient (Wildman–Crippen LogP) is 3.52. The highest BCUT2D eigenvalue weighted by Gasteiger charge is 2.30. The van der Waals surface area contributed by atoms with Crippen LogP contribution in [0.4, 0.5) is 13.2 Å². The highest BCUT2D eigenvalue weighted by molar-refractivity contribution is 6.04. The minimum absolute atomic E-state index is 0.0167. The Kier molecular flexibility index (Phi) is 4.30. The van der Waals surface area contributed by atoms with Crippen LogP contribution in [0, 0.1) is 0 Å². The lowest BCUT2D eigenvalue weighted by molar-refractivity contribution is -0.137. The number of carbonyl (C=O) groups is 1. The molecule has 1 aromatic carbocycles. The quantitative estimate of drug-likeness (QED) is 0.754. The van der Waals surface area contributed by atoms with E-state index in [-0.39, 0.29) is 28.6 Å². The number of H-pyrrole nitrogens is 1. The van der Waals surface area contributed by atoms with Crippen molar-refractivity contribution in [2.45, 2.75) is 13.1 Å². The van der Waals surface area contributed by atoms with Gasteiger partial charge < -0.3 is 15.0 Å². The van der Waals surface area contributed by atoms with E-state index in [1.54, 1.807) is 6.92 Å². The fourth-order valence-corrected chi connectivity index (χ4v) is 2.21. The fraction of sp³-hybridized carbons (Fsp3) is 0.188. The molecule has 1 amide bonds. The highest BCUT2D eigenvalue weighted by Crippen LogP contribution is 2.32. The number of amides is 1. The first-order valence-electron chi connectivity index (χ1n) is 7.36. The molecule has 0 aliphatic rings. The van der Waals surface area contributed by atoms with E-state index in [0.29, 0.717) is 12.2 Å². The van der Waals surface area contributed by atoms with E-state index in [0.717, 1.165) is 12.1 Å². The Morgan fingerprint density at radius 3 is 2.88 bits per heavy atom. The van der Waals surface area contributed by atoms with Crippen LogP contribution in [0.3, 0.4) is 0 Å². The molecule has 130 valence electrons. The van der Waals surface area contributed by atoms with Crippen molar-refractivity contribution in [1.82, 2.24) is 20.3 Å². The Balaban J connectivity index is 1.92. The molecule has 0 saturated carbocycles. The zero-order valence-corrected chi connectivity index (χ0v) is 13.0. The Bertz CT molecular complexity index is 921. The van der Waals surface area contributed by atoms with Crippen LogP contribution in [-0.4, -0.2) is 27.4 Å². The van der Waals surface area contributed by atoms with Crippen LogP contribution >= 0.6 is 0 Å². The number of benzene rings is 1. The third kappa shape index (κ3) is 3.54. The third-order valence-electron chi connectivity index (χ3n) is 3.32. The van der Waals surface area contributed by atoms with Gasteiger partial charge in [0, 0.05) is 12.7 Å². The molecule has 0 fully saturated rings. The van der Waals surface area contributed by atoms with E-state index in [4.69, 9.17) is 4.74 Å². The second-order valence-electron chi connectivity index (χ2n) is 5.09.